The standard InChI is InChI=1S/C18H24O2Si/c1-3-5-16-21(4-2,19-17-12-8-6-9-13-17)20-18-14-10-7-11-15-18/h6-15H,3-5,16H2,1-2H3. The highest BCUT2D eigenvalue weighted by Gasteiger charge is 2.39. The van der Waals surface area contributed by atoms with E-state index in [0.717, 1.165) is 36.4 Å². The molecule has 0 radical (unpaired) electrons. The molecule has 0 unspecified atom stereocenters. The fraction of sp³-hybridized carbons (Fsp3) is 0.333. The molecule has 3 heteroatoms. The van der Waals surface area contributed by atoms with Gasteiger partial charge in [-0.3, -0.25) is 0 Å². The van der Waals surface area contributed by atoms with Crippen LogP contribution in [0.4, 0.5) is 0 Å². The molecular weight excluding hydrogens is 276 g/mol. The van der Waals surface area contributed by atoms with Crippen molar-refractivity contribution in [3.05, 3.63) is 60.7 Å². The zero-order chi connectivity index (χ0) is 15.0. The molecule has 0 spiro atoms. The molecule has 0 saturated heterocycles. The Balaban J connectivity index is 2.20. The van der Waals surface area contributed by atoms with Crippen molar-refractivity contribution in [3.63, 3.8) is 0 Å². The summed E-state index contributed by atoms with van der Waals surface area (Å²) in [5, 5.41) is 0. The lowest BCUT2D eigenvalue weighted by atomic mass is 10.3. The molecule has 0 aliphatic rings. The lowest BCUT2D eigenvalue weighted by molar-refractivity contribution is 0.376. The number of hydrogen-bond acceptors (Lipinski definition) is 2. The number of benzene rings is 2. The normalized spacial score (nSPS) is 11.1. The maximum Gasteiger partial charge on any atom is 0.460 e. The van der Waals surface area contributed by atoms with Crippen molar-refractivity contribution in [1.29, 1.82) is 0 Å². The van der Waals surface area contributed by atoms with E-state index in [1.807, 2.05) is 60.7 Å². The molecule has 2 aromatic rings. The van der Waals surface area contributed by atoms with Crippen LogP contribution in [0.2, 0.25) is 12.1 Å². The highest BCUT2D eigenvalue weighted by atomic mass is 28.4. The maximum atomic E-state index is 6.37. The van der Waals surface area contributed by atoms with Crippen molar-refractivity contribution in [3.8, 4) is 11.5 Å². The third kappa shape index (κ3) is 4.64. The summed E-state index contributed by atoms with van der Waals surface area (Å²) in [6, 6.07) is 22.0. The van der Waals surface area contributed by atoms with Crippen LogP contribution in [0, 0.1) is 0 Å². The van der Waals surface area contributed by atoms with Gasteiger partial charge in [0.05, 0.1) is 0 Å². The Bertz CT molecular complexity index is 472. The van der Waals surface area contributed by atoms with Crippen molar-refractivity contribution in [1.82, 2.24) is 0 Å². The summed E-state index contributed by atoms with van der Waals surface area (Å²) in [6.07, 6.45) is 2.30. The molecule has 2 aromatic carbocycles. The fourth-order valence-corrected chi connectivity index (χ4v) is 5.21. The second-order valence-electron chi connectivity index (χ2n) is 5.20. The van der Waals surface area contributed by atoms with Gasteiger partial charge in [-0.2, -0.15) is 0 Å². The average molecular weight is 300 g/mol. The summed E-state index contributed by atoms with van der Waals surface area (Å²) in [5.74, 6) is 1.83. The summed E-state index contributed by atoms with van der Waals surface area (Å²) in [4.78, 5) is 0. The molecule has 2 nitrogen and oxygen atoms in total. The van der Waals surface area contributed by atoms with Gasteiger partial charge in [-0.25, -0.2) is 0 Å². The fourth-order valence-electron chi connectivity index (χ4n) is 2.30. The van der Waals surface area contributed by atoms with Crippen LogP contribution in [0.3, 0.4) is 0 Å². The highest BCUT2D eigenvalue weighted by Crippen LogP contribution is 2.27. The molecular formula is C18H24O2Si. The van der Waals surface area contributed by atoms with Gasteiger partial charge in [0.2, 0.25) is 0 Å². The van der Waals surface area contributed by atoms with E-state index in [9.17, 15) is 0 Å². The van der Waals surface area contributed by atoms with Gasteiger partial charge in [-0.1, -0.05) is 56.7 Å². The maximum absolute atomic E-state index is 6.37. The Hall–Kier alpha value is -1.74. The van der Waals surface area contributed by atoms with Crippen molar-refractivity contribution in [2.75, 3.05) is 0 Å². The molecule has 2 rings (SSSR count). The van der Waals surface area contributed by atoms with Crippen LogP contribution < -0.4 is 8.85 Å². The summed E-state index contributed by atoms with van der Waals surface area (Å²) < 4.78 is 12.7. The molecule has 0 fully saturated rings. The molecule has 0 saturated carbocycles. The minimum Gasteiger partial charge on any atom is -0.512 e. The number of hydrogen-bond donors (Lipinski definition) is 0. The van der Waals surface area contributed by atoms with Crippen molar-refractivity contribution in [2.45, 2.75) is 38.8 Å². The van der Waals surface area contributed by atoms with Gasteiger partial charge in [0.25, 0.3) is 0 Å². The molecule has 0 aliphatic heterocycles. The number of para-hydroxylation sites is 2. The molecule has 21 heavy (non-hydrogen) atoms. The van der Waals surface area contributed by atoms with E-state index in [2.05, 4.69) is 13.8 Å². The van der Waals surface area contributed by atoms with Crippen molar-refractivity contribution < 1.29 is 8.85 Å². The average Bonchev–Trinajstić information content (AvgIpc) is 2.54. The number of rotatable bonds is 8. The molecule has 0 N–H and O–H groups in total. The van der Waals surface area contributed by atoms with Crippen LogP contribution in [0.25, 0.3) is 0 Å². The Morgan fingerprint density at radius 3 is 1.62 bits per heavy atom. The zero-order valence-corrected chi connectivity index (χ0v) is 13.9. The summed E-state index contributed by atoms with van der Waals surface area (Å²) in [7, 11) is -2.27. The molecule has 0 amide bonds. The Kier molecular flexibility index (Phi) is 5.87. The Labute approximate surface area is 129 Å². The molecule has 0 aromatic heterocycles. The van der Waals surface area contributed by atoms with Crippen molar-refractivity contribution in [2.24, 2.45) is 0 Å². The third-order valence-corrected chi connectivity index (χ3v) is 6.95. The largest absolute Gasteiger partial charge is 0.512 e. The summed E-state index contributed by atoms with van der Waals surface area (Å²) in [5.41, 5.74) is 0. The van der Waals surface area contributed by atoms with Crippen LogP contribution in [-0.2, 0) is 0 Å². The quantitative estimate of drug-likeness (QED) is 0.607. The highest BCUT2D eigenvalue weighted by molar-refractivity contribution is 6.68. The molecule has 112 valence electrons. The lowest BCUT2D eigenvalue weighted by Gasteiger charge is -2.31. The molecule has 0 atom stereocenters. The van der Waals surface area contributed by atoms with E-state index in [-0.39, 0.29) is 0 Å². The SMILES string of the molecule is CCCC[Si](CC)(Oc1ccccc1)Oc1ccccc1. The van der Waals surface area contributed by atoms with E-state index in [1.54, 1.807) is 0 Å². The van der Waals surface area contributed by atoms with Crippen LogP contribution in [0.5, 0.6) is 11.5 Å². The van der Waals surface area contributed by atoms with Gasteiger partial charge in [0.1, 0.15) is 11.5 Å². The Morgan fingerprint density at radius 1 is 0.762 bits per heavy atom. The van der Waals surface area contributed by atoms with Crippen LogP contribution in [0.1, 0.15) is 26.7 Å². The predicted octanol–water partition coefficient (Wildman–Crippen LogP) is 5.41. The Morgan fingerprint density at radius 2 is 1.24 bits per heavy atom. The first-order valence-electron chi connectivity index (χ1n) is 7.76. The lowest BCUT2D eigenvalue weighted by Crippen LogP contribution is -2.47. The van der Waals surface area contributed by atoms with Gasteiger partial charge in [0.15, 0.2) is 0 Å². The first-order chi connectivity index (χ1) is 10.3. The van der Waals surface area contributed by atoms with Gasteiger partial charge in [0, 0.05) is 12.1 Å². The molecule has 0 aliphatic carbocycles. The van der Waals surface area contributed by atoms with E-state index in [0.29, 0.717) is 0 Å². The topological polar surface area (TPSA) is 18.5 Å². The van der Waals surface area contributed by atoms with Gasteiger partial charge in [-0.15, -0.1) is 0 Å². The van der Waals surface area contributed by atoms with Gasteiger partial charge in [-0.05, 0) is 30.7 Å². The van der Waals surface area contributed by atoms with Gasteiger partial charge >= 0.3 is 8.56 Å². The second kappa shape index (κ2) is 7.89. The predicted molar refractivity (Wildman–Crippen MR) is 90.1 cm³/mol. The minimum atomic E-state index is -2.27. The van der Waals surface area contributed by atoms with Crippen molar-refractivity contribution >= 4 is 8.56 Å². The minimum absolute atomic E-state index is 0.915. The molecule has 0 heterocycles. The molecule has 0 bridgehead atoms. The summed E-state index contributed by atoms with van der Waals surface area (Å²) in [6.45, 7) is 4.38. The van der Waals surface area contributed by atoms with E-state index >= 15 is 0 Å². The number of unbranched alkanes of at least 4 members (excludes halogenated alkanes) is 1. The first kappa shape index (κ1) is 15.6. The van der Waals surface area contributed by atoms with Crippen LogP contribution in [-0.4, -0.2) is 8.56 Å². The monoisotopic (exact) mass is 300 g/mol. The zero-order valence-electron chi connectivity index (χ0n) is 12.9. The van der Waals surface area contributed by atoms with E-state index < -0.39 is 8.56 Å². The smallest absolute Gasteiger partial charge is 0.460 e. The summed E-state index contributed by atoms with van der Waals surface area (Å²) >= 11 is 0. The van der Waals surface area contributed by atoms with Crippen LogP contribution in [0.15, 0.2) is 60.7 Å². The van der Waals surface area contributed by atoms with E-state index in [1.165, 1.54) is 0 Å². The van der Waals surface area contributed by atoms with Gasteiger partial charge < -0.3 is 8.85 Å². The van der Waals surface area contributed by atoms with E-state index in [4.69, 9.17) is 8.85 Å². The van der Waals surface area contributed by atoms with Crippen LogP contribution >= 0.6 is 0 Å². The first-order valence-corrected chi connectivity index (χ1v) is 9.99. The second-order valence-corrected chi connectivity index (χ2v) is 8.63. The third-order valence-electron chi connectivity index (χ3n) is 3.54.